The normalized spacial score (nSPS) is 25.6. The summed E-state index contributed by atoms with van der Waals surface area (Å²) in [4.78, 5) is 0. The zero-order valence-electron chi connectivity index (χ0n) is 6.82. The molecular weight excluding hydrogens is 180 g/mol. The molecule has 0 aliphatic carbocycles. The molecule has 1 fully saturated rings. The third-order valence-electron chi connectivity index (χ3n) is 1.79. The Kier molecular flexibility index (Phi) is 3.45. The molecule has 0 aromatic heterocycles. The quantitative estimate of drug-likeness (QED) is 0.626. The van der Waals surface area contributed by atoms with E-state index in [0.29, 0.717) is 6.54 Å². The molecule has 1 aliphatic heterocycles. The van der Waals surface area contributed by atoms with Gasteiger partial charge < -0.3 is 4.74 Å². The maximum Gasteiger partial charge on any atom is 0.274 e. The maximum absolute atomic E-state index is 10.5. The van der Waals surface area contributed by atoms with Crippen molar-refractivity contribution in [3.63, 3.8) is 0 Å². The van der Waals surface area contributed by atoms with Crippen LogP contribution in [0.3, 0.4) is 0 Å². The van der Waals surface area contributed by atoms with E-state index in [4.69, 9.17) is 9.88 Å². The third kappa shape index (κ3) is 4.01. The van der Waals surface area contributed by atoms with Gasteiger partial charge in [-0.25, -0.2) is 5.14 Å². The predicted molar refractivity (Wildman–Crippen MR) is 44.7 cm³/mol. The minimum Gasteiger partial charge on any atom is -0.377 e. The second-order valence-corrected chi connectivity index (χ2v) is 4.26. The van der Waals surface area contributed by atoms with Gasteiger partial charge in [0.2, 0.25) is 0 Å². The van der Waals surface area contributed by atoms with Crippen molar-refractivity contribution in [2.24, 2.45) is 5.14 Å². The van der Waals surface area contributed by atoms with Crippen LogP contribution in [0.15, 0.2) is 0 Å². The summed E-state index contributed by atoms with van der Waals surface area (Å²) in [5.41, 5.74) is 0. The molecule has 0 saturated carbocycles. The first-order chi connectivity index (χ1) is 5.58. The Balaban J connectivity index is 2.22. The van der Waals surface area contributed by atoms with Crippen LogP contribution in [0, 0.1) is 0 Å². The van der Waals surface area contributed by atoms with E-state index in [1.54, 1.807) is 0 Å². The van der Waals surface area contributed by atoms with E-state index in [0.717, 1.165) is 25.9 Å². The molecule has 3 N–H and O–H groups in total. The molecule has 1 saturated heterocycles. The largest absolute Gasteiger partial charge is 0.377 e. The van der Waals surface area contributed by atoms with Gasteiger partial charge in [-0.1, -0.05) is 0 Å². The van der Waals surface area contributed by atoms with Crippen LogP contribution in [-0.4, -0.2) is 27.7 Å². The molecule has 1 rings (SSSR count). The molecule has 0 aromatic carbocycles. The van der Waals surface area contributed by atoms with E-state index < -0.39 is 10.2 Å². The van der Waals surface area contributed by atoms with E-state index in [9.17, 15) is 8.42 Å². The number of rotatable bonds is 3. The number of ether oxygens (including phenoxy) is 1. The van der Waals surface area contributed by atoms with Gasteiger partial charge in [-0.2, -0.15) is 13.1 Å². The minimum atomic E-state index is -3.55. The maximum atomic E-state index is 10.5. The van der Waals surface area contributed by atoms with Crippen LogP contribution in [0.2, 0.25) is 0 Å². The number of nitrogens with two attached hydrogens (primary N) is 1. The molecule has 1 atom stereocenters. The van der Waals surface area contributed by atoms with Gasteiger partial charge >= 0.3 is 0 Å². The van der Waals surface area contributed by atoms with E-state index in [2.05, 4.69) is 4.72 Å². The van der Waals surface area contributed by atoms with Crippen molar-refractivity contribution in [1.29, 1.82) is 0 Å². The van der Waals surface area contributed by atoms with Gasteiger partial charge in [-0.15, -0.1) is 0 Å². The highest BCUT2D eigenvalue weighted by Gasteiger charge is 2.14. The van der Waals surface area contributed by atoms with E-state index >= 15 is 0 Å². The van der Waals surface area contributed by atoms with E-state index in [1.165, 1.54) is 0 Å². The van der Waals surface area contributed by atoms with Crippen LogP contribution in [0.1, 0.15) is 19.3 Å². The monoisotopic (exact) mass is 194 g/mol. The van der Waals surface area contributed by atoms with Gasteiger partial charge in [0.05, 0.1) is 6.10 Å². The van der Waals surface area contributed by atoms with Crippen LogP contribution < -0.4 is 9.86 Å². The number of nitrogens with one attached hydrogen (secondary N) is 1. The molecule has 5 nitrogen and oxygen atoms in total. The van der Waals surface area contributed by atoms with Gasteiger partial charge in [-0.05, 0) is 19.3 Å². The second kappa shape index (κ2) is 4.18. The average molecular weight is 194 g/mol. The first-order valence-corrected chi connectivity index (χ1v) is 5.51. The molecule has 12 heavy (non-hydrogen) atoms. The van der Waals surface area contributed by atoms with Gasteiger partial charge in [0.1, 0.15) is 0 Å². The van der Waals surface area contributed by atoms with Gasteiger partial charge in [0, 0.05) is 13.2 Å². The van der Waals surface area contributed by atoms with Crippen molar-refractivity contribution in [2.75, 3.05) is 13.2 Å². The summed E-state index contributed by atoms with van der Waals surface area (Å²) in [5.74, 6) is 0. The second-order valence-electron chi connectivity index (χ2n) is 2.88. The Labute approximate surface area is 72.5 Å². The Morgan fingerprint density at radius 2 is 2.25 bits per heavy atom. The summed E-state index contributed by atoms with van der Waals surface area (Å²) in [6, 6.07) is 0. The topological polar surface area (TPSA) is 81.4 Å². The van der Waals surface area contributed by atoms with Crippen molar-refractivity contribution < 1.29 is 13.2 Å². The highest BCUT2D eigenvalue weighted by molar-refractivity contribution is 7.87. The molecular formula is C6H14N2O3S. The fraction of sp³-hybridized carbons (Fsp3) is 1.00. The molecule has 0 radical (unpaired) electrons. The van der Waals surface area contributed by atoms with Gasteiger partial charge in [-0.3, -0.25) is 0 Å². The van der Waals surface area contributed by atoms with E-state index in [-0.39, 0.29) is 6.10 Å². The number of hydrogen-bond donors (Lipinski definition) is 2. The molecule has 0 spiro atoms. The predicted octanol–water partition coefficient (Wildman–Crippen LogP) is -0.651. The lowest BCUT2D eigenvalue weighted by atomic mass is 10.1. The van der Waals surface area contributed by atoms with Crippen LogP contribution in [0.4, 0.5) is 0 Å². The zero-order chi connectivity index (χ0) is 9.03. The minimum absolute atomic E-state index is 0.00271. The number of hydrogen-bond acceptors (Lipinski definition) is 3. The molecule has 1 unspecified atom stereocenters. The van der Waals surface area contributed by atoms with E-state index in [1.807, 2.05) is 0 Å². The van der Waals surface area contributed by atoms with Crippen molar-refractivity contribution in [3.05, 3.63) is 0 Å². The van der Waals surface area contributed by atoms with Crippen molar-refractivity contribution in [1.82, 2.24) is 4.72 Å². The molecule has 0 bridgehead atoms. The SMILES string of the molecule is NS(=O)(=O)NCC1CCCCO1. The fourth-order valence-corrected chi connectivity index (χ4v) is 1.60. The molecule has 0 aromatic rings. The van der Waals surface area contributed by atoms with Crippen molar-refractivity contribution in [2.45, 2.75) is 25.4 Å². The lowest BCUT2D eigenvalue weighted by Crippen LogP contribution is -2.38. The Bertz CT molecular complexity index is 221. The Morgan fingerprint density at radius 1 is 1.50 bits per heavy atom. The standard InChI is InChI=1S/C6H14N2O3S/c7-12(9,10)8-5-6-3-1-2-4-11-6/h6,8H,1-5H2,(H2,7,9,10). The Hall–Kier alpha value is -0.170. The van der Waals surface area contributed by atoms with Crippen LogP contribution in [0.25, 0.3) is 0 Å². The molecule has 1 heterocycles. The summed E-state index contributed by atoms with van der Waals surface area (Å²) in [6.07, 6.45) is 3.06. The highest BCUT2D eigenvalue weighted by Crippen LogP contribution is 2.11. The Morgan fingerprint density at radius 3 is 2.75 bits per heavy atom. The van der Waals surface area contributed by atoms with Crippen LogP contribution in [-0.2, 0) is 14.9 Å². The lowest BCUT2D eigenvalue weighted by molar-refractivity contribution is 0.0200. The van der Waals surface area contributed by atoms with Crippen molar-refractivity contribution in [3.8, 4) is 0 Å². The highest BCUT2D eigenvalue weighted by atomic mass is 32.2. The van der Waals surface area contributed by atoms with Crippen LogP contribution >= 0.6 is 0 Å². The molecule has 0 amide bonds. The average Bonchev–Trinajstić information content (AvgIpc) is 2.02. The summed E-state index contributed by atoms with van der Waals surface area (Å²) in [7, 11) is -3.55. The molecule has 1 aliphatic rings. The smallest absolute Gasteiger partial charge is 0.274 e. The first-order valence-electron chi connectivity index (χ1n) is 3.97. The van der Waals surface area contributed by atoms with Gasteiger partial charge in [0.25, 0.3) is 10.2 Å². The fourth-order valence-electron chi connectivity index (χ4n) is 1.18. The van der Waals surface area contributed by atoms with Crippen molar-refractivity contribution >= 4 is 10.2 Å². The molecule has 6 heteroatoms. The summed E-state index contributed by atoms with van der Waals surface area (Å²) >= 11 is 0. The summed E-state index contributed by atoms with van der Waals surface area (Å²) in [6.45, 7) is 1.01. The summed E-state index contributed by atoms with van der Waals surface area (Å²) in [5, 5.41) is 4.76. The summed E-state index contributed by atoms with van der Waals surface area (Å²) < 4.78 is 28.5. The van der Waals surface area contributed by atoms with Crippen LogP contribution in [0.5, 0.6) is 0 Å². The molecule has 72 valence electrons. The third-order valence-corrected chi connectivity index (χ3v) is 2.36. The van der Waals surface area contributed by atoms with Gasteiger partial charge in [0.15, 0.2) is 0 Å². The first kappa shape index (κ1) is 9.91. The lowest BCUT2D eigenvalue weighted by Gasteiger charge is -2.22. The zero-order valence-corrected chi connectivity index (χ0v) is 7.64.